The quantitative estimate of drug-likeness (QED) is 0.801. The fraction of sp³-hybridized carbons (Fsp3) is 0.471. The molecular formula is C17H21NO4. The molecule has 0 aromatic heterocycles. The topological polar surface area (TPSA) is 63.7 Å². The number of carbonyl (C=O) groups excluding carboxylic acids is 3. The maximum atomic E-state index is 12.5. The number of fused-ring (bicyclic) bond motifs is 1. The zero-order valence-corrected chi connectivity index (χ0v) is 13.2. The van der Waals surface area contributed by atoms with Gasteiger partial charge < -0.3 is 14.4 Å². The molecule has 1 amide bonds. The number of para-hydroxylation sites is 1. The Morgan fingerprint density at radius 1 is 1.23 bits per heavy atom. The van der Waals surface area contributed by atoms with Crippen molar-refractivity contribution < 1.29 is 19.1 Å². The van der Waals surface area contributed by atoms with Crippen LogP contribution < -0.4 is 4.90 Å². The fourth-order valence-corrected chi connectivity index (χ4v) is 2.96. The van der Waals surface area contributed by atoms with Crippen molar-refractivity contribution in [3.8, 4) is 0 Å². The molecule has 1 aliphatic heterocycles. The SMILES string of the molecule is COC(=O)C1CC(C)N(C(=O)CCC(C)=O)c2ccccc21. The van der Waals surface area contributed by atoms with Crippen LogP contribution in [0.15, 0.2) is 24.3 Å². The Morgan fingerprint density at radius 3 is 2.55 bits per heavy atom. The van der Waals surface area contributed by atoms with E-state index in [0.29, 0.717) is 6.42 Å². The first kappa shape index (κ1) is 16.2. The number of hydrogen-bond donors (Lipinski definition) is 0. The van der Waals surface area contributed by atoms with E-state index in [-0.39, 0.29) is 42.5 Å². The van der Waals surface area contributed by atoms with Crippen molar-refractivity contribution in [1.82, 2.24) is 0 Å². The Morgan fingerprint density at radius 2 is 1.91 bits per heavy atom. The molecule has 2 rings (SSSR count). The Labute approximate surface area is 130 Å². The molecule has 2 unspecified atom stereocenters. The van der Waals surface area contributed by atoms with Gasteiger partial charge in [-0.05, 0) is 31.9 Å². The van der Waals surface area contributed by atoms with Gasteiger partial charge in [0.2, 0.25) is 5.91 Å². The molecule has 22 heavy (non-hydrogen) atoms. The van der Waals surface area contributed by atoms with Crippen LogP contribution in [0, 0.1) is 0 Å². The summed E-state index contributed by atoms with van der Waals surface area (Å²) in [5, 5.41) is 0. The number of carbonyl (C=O) groups is 3. The van der Waals surface area contributed by atoms with E-state index in [4.69, 9.17) is 4.74 Å². The molecule has 0 spiro atoms. The van der Waals surface area contributed by atoms with Crippen molar-refractivity contribution >= 4 is 23.3 Å². The van der Waals surface area contributed by atoms with Crippen molar-refractivity contribution in [3.05, 3.63) is 29.8 Å². The Balaban J connectivity index is 2.34. The Kier molecular flexibility index (Phi) is 4.96. The highest BCUT2D eigenvalue weighted by Gasteiger charge is 2.37. The van der Waals surface area contributed by atoms with Crippen LogP contribution in [-0.4, -0.2) is 30.8 Å². The molecule has 1 heterocycles. The van der Waals surface area contributed by atoms with E-state index in [2.05, 4.69) is 0 Å². The van der Waals surface area contributed by atoms with Gasteiger partial charge in [0.1, 0.15) is 5.78 Å². The van der Waals surface area contributed by atoms with Crippen molar-refractivity contribution in [3.63, 3.8) is 0 Å². The fourth-order valence-electron chi connectivity index (χ4n) is 2.96. The van der Waals surface area contributed by atoms with Gasteiger partial charge in [0, 0.05) is 24.6 Å². The second-order valence-electron chi connectivity index (χ2n) is 5.69. The molecule has 0 fully saturated rings. The van der Waals surface area contributed by atoms with Gasteiger partial charge in [0.15, 0.2) is 0 Å². The molecule has 0 bridgehead atoms. The predicted octanol–water partition coefficient (Wildman–Crippen LogP) is 2.44. The molecule has 1 aromatic rings. The lowest BCUT2D eigenvalue weighted by Gasteiger charge is -2.38. The number of benzene rings is 1. The standard InChI is InChI=1S/C17H21NO4/c1-11-10-14(17(21)22-3)13-6-4-5-7-15(13)18(11)16(20)9-8-12(2)19/h4-7,11,14H,8-10H2,1-3H3. The average Bonchev–Trinajstić information content (AvgIpc) is 2.51. The summed E-state index contributed by atoms with van der Waals surface area (Å²) in [5.74, 6) is -0.722. The molecule has 2 atom stereocenters. The van der Waals surface area contributed by atoms with Gasteiger partial charge in [-0.25, -0.2) is 0 Å². The van der Waals surface area contributed by atoms with E-state index >= 15 is 0 Å². The zero-order chi connectivity index (χ0) is 16.3. The maximum Gasteiger partial charge on any atom is 0.313 e. The third kappa shape index (κ3) is 3.18. The summed E-state index contributed by atoms with van der Waals surface area (Å²) in [4.78, 5) is 37.3. The van der Waals surface area contributed by atoms with Crippen molar-refractivity contribution in [2.24, 2.45) is 0 Å². The van der Waals surface area contributed by atoms with E-state index in [1.165, 1.54) is 14.0 Å². The predicted molar refractivity (Wildman–Crippen MR) is 82.7 cm³/mol. The van der Waals surface area contributed by atoms with Gasteiger partial charge in [0.25, 0.3) is 0 Å². The third-order valence-corrected chi connectivity index (χ3v) is 4.03. The number of hydrogen-bond acceptors (Lipinski definition) is 4. The van der Waals surface area contributed by atoms with Crippen LogP contribution in [0.1, 0.15) is 44.6 Å². The number of ketones is 1. The van der Waals surface area contributed by atoms with E-state index < -0.39 is 0 Å². The summed E-state index contributed by atoms with van der Waals surface area (Å²) in [6.07, 6.45) is 0.955. The molecule has 0 saturated carbocycles. The molecule has 0 saturated heterocycles. The lowest BCUT2D eigenvalue weighted by Crippen LogP contribution is -2.44. The molecule has 5 heteroatoms. The van der Waals surface area contributed by atoms with E-state index in [0.717, 1.165) is 11.3 Å². The summed E-state index contributed by atoms with van der Waals surface area (Å²) >= 11 is 0. The van der Waals surface area contributed by atoms with Crippen LogP contribution in [0.3, 0.4) is 0 Å². The number of rotatable bonds is 4. The van der Waals surface area contributed by atoms with Crippen molar-refractivity contribution in [2.45, 2.75) is 45.1 Å². The number of esters is 1. The molecule has 1 aliphatic rings. The normalized spacial score (nSPS) is 20.2. The molecule has 0 aliphatic carbocycles. The highest BCUT2D eigenvalue weighted by Crippen LogP contribution is 2.39. The number of anilines is 1. The molecule has 5 nitrogen and oxygen atoms in total. The first-order valence-electron chi connectivity index (χ1n) is 7.44. The number of ether oxygens (including phenoxy) is 1. The van der Waals surface area contributed by atoms with E-state index in [1.54, 1.807) is 4.90 Å². The van der Waals surface area contributed by atoms with Gasteiger partial charge >= 0.3 is 5.97 Å². The summed E-state index contributed by atoms with van der Waals surface area (Å²) < 4.78 is 4.88. The summed E-state index contributed by atoms with van der Waals surface area (Å²) in [6.45, 7) is 3.39. The highest BCUT2D eigenvalue weighted by molar-refractivity contribution is 5.98. The summed E-state index contributed by atoms with van der Waals surface area (Å²) in [6, 6.07) is 7.28. The van der Waals surface area contributed by atoms with E-state index in [9.17, 15) is 14.4 Å². The van der Waals surface area contributed by atoms with Gasteiger partial charge in [-0.1, -0.05) is 18.2 Å². The Bertz CT molecular complexity index is 596. The Hall–Kier alpha value is -2.17. The molecular weight excluding hydrogens is 282 g/mol. The molecule has 118 valence electrons. The lowest BCUT2D eigenvalue weighted by atomic mass is 9.85. The second-order valence-corrected chi connectivity index (χ2v) is 5.69. The molecule has 0 N–H and O–H groups in total. The van der Waals surface area contributed by atoms with Crippen LogP contribution in [-0.2, 0) is 19.1 Å². The average molecular weight is 303 g/mol. The lowest BCUT2D eigenvalue weighted by molar-refractivity contribution is -0.143. The third-order valence-electron chi connectivity index (χ3n) is 4.03. The molecule has 1 aromatic carbocycles. The first-order chi connectivity index (χ1) is 10.5. The van der Waals surface area contributed by atoms with Gasteiger partial charge in [-0.15, -0.1) is 0 Å². The number of Topliss-reactive ketones (excluding diaryl/α,β-unsaturated/α-hetero) is 1. The minimum atomic E-state index is -0.354. The van der Waals surface area contributed by atoms with Crippen molar-refractivity contribution in [2.75, 3.05) is 12.0 Å². The van der Waals surface area contributed by atoms with Crippen LogP contribution in [0.25, 0.3) is 0 Å². The maximum absolute atomic E-state index is 12.5. The molecule has 0 radical (unpaired) electrons. The van der Waals surface area contributed by atoms with Gasteiger partial charge in [-0.2, -0.15) is 0 Å². The smallest absolute Gasteiger partial charge is 0.313 e. The first-order valence-corrected chi connectivity index (χ1v) is 7.44. The summed E-state index contributed by atoms with van der Waals surface area (Å²) in [5.41, 5.74) is 1.55. The van der Waals surface area contributed by atoms with Crippen LogP contribution in [0.2, 0.25) is 0 Å². The largest absolute Gasteiger partial charge is 0.469 e. The van der Waals surface area contributed by atoms with Crippen LogP contribution >= 0.6 is 0 Å². The zero-order valence-electron chi connectivity index (χ0n) is 13.2. The number of nitrogens with zero attached hydrogens (tertiary/aromatic N) is 1. The number of amides is 1. The minimum Gasteiger partial charge on any atom is -0.469 e. The highest BCUT2D eigenvalue weighted by atomic mass is 16.5. The van der Waals surface area contributed by atoms with Crippen LogP contribution in [0.5, 0.6) is 0 Å². The minimum absolute atomic E-state index is 0.00117. The second kappa shape index (κ2) is 6.73. The van der Waals surface area contributed by atoms with Gasteiger partial charge in [-0.3, -0.25) is 9.59 Å². The number of methoxy groups -OCH3 is 1. The monoisotopic (exact) mass is 303 g/mol. The van der Waals surface area contributed by atoms with Gasteiger partial charge in [0.05, 0.1) is 13.0 Å². The van der Waals surface area contributed by atoms with E-state index in [1.807, 2.05) is 31.2 Å². The van der Waals surface area contributed by atoms with Crippen LogP contribution in [0.4, 0.5) is 5.69 Å². The van der Waals surface area contributed by atoms with Crippen molar-refractivity contribution in [1.29, 1.82) is 0 Å². The summed E-state index contributed by atoms with van der Waals surface area (Å²) in [7, 11) is 1.38.